The number of methoxy groups -OCH3 is 1. The number of rotatable bonds is 6. The van der Waals surface area contributed by atoms with Crippen molar-refractivity contribution in [1.29, 1.82) is 0 Å². The van der Waals surface area contributed by atoms with Gasteiger partial charge in [0.25, 0.3) is 11.5 Å². The van der Waals surface area contributed by atoms with Crippen molar-refractivity contribution < 1.29 is 9.53 Å². The van der Waals surface area contributed by atoms with Crippen LogP contribution in [0.15, 0.2) is 59.4 Å². The summed E-state index contributed by atoms with van der Waals surface area (Å²) in [4.78, 5) is 30.2. The Hall–Kier alpha value is -3.45. The molecule has 0 fully saturated rings. The highest BCUT2D eigenvalue weighted by Gasteiger charge is 2.20. The monoisotopic (exact) mass is 404 g/mol. The number of benzene rings is 2. The summed E-state index contributed by atoms with van der Waals surface area (Å²) in [6.45, 7) is 3.06. The second-order valence-electron chi connectivity index (χ2n) is 7.27. The number of amides is 1. The van der Waals surface area contributed by atoms with Crippen LogP contribution >= 0.6 is 0 Å². The van der Waals surface area contributed by atoms with E-state index in [2.05, 4.69) is 9.88 Å². The summed E-state index contributed by atoms with van der Waals surface area (Å²) in [5, 5.41) is 3.75. The van der Waals surface area contributed by atoms with Gasteiger partial charge in [0.2, 0.25) is 0 Å². The van der Waals surface area contributed by atoms with Crippen molar-refractivity contribution in [2.45, 2.75) is 19.5 Å². The largest absolute Gasteiger partial charge is 0.383 e. The van der Waals surface area contributed by atoms with E-state index in [9.17, 15) is 9.59 Å². The Kier molecular flexibility index (Phi) is 5.37. The van der Waals surface area contributed by atoms with Crippen molar-refractivity contribution in [3.63, 3.8) is 0 Å². The number of aromatic nitrogens is 3. The van der Waals surface area contributed by atoms with Crippen LogP contribution in [-0.4, -0.2) is 33.7 Å². The van der Waals surface area contributed by atoms with E-state index in [4.69, 9.17) is 9.72 Å². The van der Waals surface area contributed by atoms with E-state index in [0.717, 1.165) is 27.8 Å². The van der Waals surface area contributed by atoms with E-state index in [1.54, 1.807) is 18.7 Å². The molecule has 30 heavy (non-hydrogen) atoms. The number of hydrogen-bond donors (Lipinski definition) is 1. The maximum Gasteiger partial charge on any atom is 0.252 e. The standard InChI is InChI=1S/C23H24N4O3/c1-15(22-25-18-9-5-7-11-20(18)27(22)12-13-30-3)24-23(29)17-14-21(28)26(2)19-10-6-4-8-16(17)19/h4-11,14-15H,12-13H2,1-3H3,(H,24,29)/t15-/m0/s1. The first-order valence-corrected chi connectivity index (χ1v) is 9.85. The minimum atomic E-state index is -0.357. The maximum atomic E-state index is 13.1. The third-order valence-corrected chi connectivity index (χ3v) is 5.34. The summed E-state index contributed by atoms with van der Waals surface area (Å²) in [5.74, 6) is 0.441. The van der Waals surface area contributed by atoms with Crippen LogP contribution in [0.25, 0.3) is 21.9 Å². The van der Waals surface area contributed by atoms with Crippen molar-refractivity contribution in [1.82, 2.24) is 19.4 Å². The van der Waals surface area contributed by atoms with Gasteiger partial charge in [-0.1, -0.05) is 30.3 Å². The highest BCUT2D eigenvalue weighted by molar-refractivity contribution is 6.06. The van der Waals surface area contributed by atoms with Gasteiger partial charge in [-0.3, -0.25) is 9.59 Å². The Balaban J connectivity index is 1.71. The molecule has 1 atom stereocenters. The Bertz CT molecular complexity index is 1290. The van der Waals surface area contributed by atoms with Crippen molar-refractivity contribution >= 4 is 27.8 Å². The van der Waals surface area contributed by atoms with E-state index < -0.39 is 0 Å². The second-order valence-corrected chi connectivity index (χ2v) is 7.27. The molecule has 2 aromatic carbocycles. The molecule has 0 spiro atoms. The number of fused-ring (bicyclic) bond motifs is 2. The highest BCUT2D eigenvalue weighted by atomic mass is 16.5. The first-order chi connectivity index (χ1) is 14.5. The predicted octanol–water partition coefficient (Wildman–Crippen LogP) is 3.03. The molecule has 0 saturated heterocycles. The molecule has 4 aromatic rings. The third-order valence-electron chi connectivity index (χ3n) is 5.34. The average molecular weight is 404 g/mol. The number of aryl methyl sites for hydroxylation is 1. The molecular weight excluding hydrogens is 380 g/mol. The van der Waals surface area contributed by atoms with Crippen LogP contribution in [0.2, 0.25) is 0 Å². The van der Waals surface area contributed by atoms with Crippen LogP contribution in [-0.2, 0) is 18.3 Å². The van der Waals surface area contributed by atoms with Crippen molar-refractivity contribution in [3.8, 4) is 0 Å². The average Bonchev–Trinajstić information content (AvgIpc) is 3.13. The summed E-state index contributed by atoms with van der Waals surface area (Å²) in [6, 6.07) is 16.3. The van der Waals surface area contributed by atoms with Gasteiger partial charge in [0.05, 0.1) is 34.8 Å². The zero-order chi connectivity index (χ0) is 21.3. The number of pyridine rings is 1. The lowest BCUT2D eigenvalue weighted by Crippen LogP contribution is -2.31. The molecule has 0 aliphatic heterocycles. The third kappa shape index (κ3) is 3.48. The van der Waals surface area contributed by atoms with E-state index >= 15 is 0 Å². The topological polar surface area (TPSA) is 78.1 Å². The summed E-state index contributed by atoms with van der Waals surface area (Å²) in [6.07, 6.45) is 0. The predicted molar refractivity (Wildman–Crippen MR) is 117 cm³/mol. The number of carbonyl (C=O) groups excluding carboxylic acids is 1. The van der Waals surface area contributed by atoms with Gasteiger partial charge in [-0.2, -0.15) is 0 Å². The van der Waals surface area contributed by atoms with Crippen LogP contribution in [0.5, 0.6) is 0 Å². The minimum Gasteiger partial charge on any atom is -0.383 e. The summed E-state index contributed by atoms with van der Waals surface area (Å²) in [5.41, 5.74) is 2.71. The van der Waals surface area contributed by atoms with Gasteiger partial charge in [-0.15, -0.1) is 0 Å². The molecule has 0 radical (unpaired) electrons. The molecule has 154 valence electrons. The molecule has 0 unspecified atom stereocenters. The molecule has 7 heteroatoms. The van der Waals surface area contributed by atoms with Gasteiger partial charge in [0.1, 0.15) is 5.82 Å². The van der Waals surface area contributed by atoms with Crippen LogP contribution in [0.1, 0.15) is 29.1 Å². The van der Waals surface area contributed by atoms with Gasteiger partial charge in [-0.05, 0) is 25.1 Å². The van der Waals surface area contributed by atoms with Crippen LogP contribution in [0.4, 0.5) is 0 Å². The second kappa shape index (κ2) is 8.12. The first-order valence-electron chi connectivity index (χ1n) is 9.85. The van der Waals surface area contributed by atoms with Crippen molar-refractivity contribution in [2.24, 2.45) is 7.05 Å². The number of hydrogen-bond acceptors (Lipinski definition) is 4. The molecule has 0 aliphatic carbocycles. The first kappa shape index (κ1) is 19.8. The van der Waals surface area contributed by atoms with Gasteiger partial charge < -0.3 is 19.2 Å². The van der Waals surface area contributed by atoms with Crippen LogP contribution in [0.3, 0.4) is 0 Å². The Labute approximate surface area is 173 Å². The highest BCUT2D eigenvalue weighted by Crippen LogP contribution is 2.22. The lowest BCUT2D eigenvalue weighted by molar-refractivity contribution is 0.0938. The smallest absolute Gasteiger partial charge is 0.252 e. The van der Waals surface area contributed by atoms with E-state index in [0.29, 0.717) is 18.7 Å². The van der Waals surface area contributed by atoms with Crippen LogP contribution < -0.4 is 10.9 Å². The Morgan fingerprint density at radius 2 is 1.83 bits per heavy atom. The number of carbonyl (C=O) groups is 1. The SMILES string of the molecule is COCCn1c([C@H](C)NC(=O)c2cc(=O)n(C)c3ccccc23)nc2ccccc21. The molecule has 0 bridgehead atoms. The lowest BCUT2D eigenvalue weighted by atomic mass is 10.1. The van der Waals surface area contributed by atoms with Gasteiger partial charge in [0.15, 0.2) is 0 Å². The number of para-hydroxylation sites is 3. The Morgan fingerprint density at radius 1 is 1.13 bits per heavy atom. The van der Waals surface area contributed by atoms with E-state index in [-0.39, 0.29) is 17.5 Å². The normalized spacial score (nSPS) is 12.4. The molecule has 1 amide bonds. The minimum absolute atomic E-state index is 0.223. The zero-order valence-electron chi connectivity index (χ0n) is 17.3. The van der Waals surface area contributed by atoms with Crippen molar-refractivity contribution in [2.75, 3.05) is 13.7 Å². The summed E-state index contributed by atoms with van der Waals surface area (Å²) < 4.78 is 8.85. The quantitative estimate of drug-likeness (QED) is 0.536. The number of imidazole rings is 1. The zero-order valence-corrected chi connectivity index (χ0v) is 17.3. The van der Waals surface area contributed by atoms with Gasteiger partial charge in [0, 0.05) is 32.2 Å². The molecule has 7 nitrogen and oxygen atoms in total. The maximum absolute atomic E-state index is 13.1. The van der Waals surface area contributed by atoms with Crippen LogP contribution in [0, 0.1) is 0 Å². The Morgan fingerprint density at radius 3 is 2.60 bits per heavy atom. The fourth-order valence-electron chi connectivity index (χ4n) is 3.78. The van der Waals surface area contributed by atoms with E-state index in [1.165, 1.54) is 6.07 Å². The van der Waals surface area contributed by atoms with Crippen molar-refractivity contribution in [3.05, 3.63) is 76.3 Å². The fourth-order valence-corrected chi connectivity index (χ4v) is 3.78. The number of ether oxygens (including phenoxy) is 1. The van der Waals surface area contributed by atoms with Gasteiger partial charge in [-0.25, -0.2) is 4.98 Å². The fraction of sp³-hybridized carbons (Fsp3) is 0.261. The molecule has 0 aliphatic rings. The van der Waals surface area contributed by atoms with Gasteiger partial charge >= 0.3 is 0 Å². The molecule has 2 heterocycles. The molecule has 4 rings (SSSR count). The molecule has 0 saturated carbocycles. The number of nitrogens with one attached hydrogen (secondary N) is 1. The van der Waals surface area contributed by atoms with E-state index in [1.807, 2.05) is 55.5 Å². The summed E-state index contributed by atoms with van der Waals surface area (Å²) >= 11 is 0. The summed E-state index contributed by atoms with van der Waals surface area (Å²) in [7, 11) is 3.36. The molecular formula is C23H24N4O3. The number of nitrogens with zero attached hydrogens (tertiary/aromatic N) is 3. The molecule has 1 N–H and O–H groups in total. The lowest BCUT2D eigenvalue weighted by Gasteiger charge is -2.17. The molecule has 2 aromatic heterocycles.